The van der Waals surface area contributed by atoms with Crippen LogP contribution in [0.15, 0.2) is 60.7 Å². The number of carbonyl (C=O) groups excluding carboxylic acids is 1. The molecule has 4 heteroatoms. The molecule has 0 aliphatic carbocycles. The number of carbonyl (C=O) groups is 1. The van der Waals surface area contributed by atoms with Crippen molar-refractivity contribution in [2.75, 3.05) is 7.05 Å². The normalized spacial score (nSPS) is 24.2. The van der Waals surface area contributed by atoms with Crippen molar-refractivity contribution in [2.45, 2.75) is 25.0 Å². The van der Waals surface area contributed by atoms with Gasteiger partial charge in [0.05, 0.1) is 0 Å². The van der Waals surface area contributed by atoms with Crippen molar-refractivity contribution in [2.24, 2.45) is 0 Å². The Morgan fingerprint density at radius 1 is 1.05 bits per heavy atom. The summed E-state index contributed by atoms with van der Waals surface area (Å²) in [4.78, 5) is 14.5. The van der Waals surface area contributed by atoms with Crippen LogP contribution >= 0.6 is 0 Å². The molecule has 1 saturated heterocycles. The highest BCUT2D eigenvalue weighted by Gasteiger charge is 2.50. The van der Waals surface area contributed by atoms with E-state index in [1.807, 2.05) is 48.3 Å². The Morgan fingerprint density at radius 2 is 1.59 bits per heavy atom. The summed E-state index contributed by atoms with van der Waals surface area (Å²) in [6.07, 6.45) is 0.770. The Kier molecular flexibility index (Phi) is 4.89. The number of hydrogen-bond acceptors (Lipinski definition) is 1. The third-order valence-corrected chi connectivity index (χ3v) is 4.53. The number of nitrogens with zero attached hydrogens (tertiary/aromatic N) is 1. The van der Waals surface area contributed by atoms with Crippen molar-refractivity contribution in [3.8, 4) is 0 Å². The monoisotopic (exact) mass is 316 g/mol. The van der Waals surface area contributed by atoms with Gasteiger partial charge in [-0.25, -0.2) is 0 Å². The number of rotatable bonds is 3. The summed E-state index contributed by atoms with van der Waals surface area (Å²) in [7, 11) is 1.90. The van der Waals surface area contributed by atoms with E-state index in [0.717, 1.165) is 12.0 Å². The van der Waals surface area contributed by atoms with Crippen LogP contribution in [-0.4, -0.2) is 23.9 Å². The zero-order chi connectivity index (χ0) is 14.9. The number of benzene rings is 2. The number of likely N-dealkylation sites (N-methyl/N-ethyl adjacent to an activating group) is 1. The molecule has 1 aliphatic heterocycles. The van der Waals surface area contributed by atoms with E-state index in [2.05, 4.69) is 36.5 Å². The Balaban J connectivity index is 0.00000176. The molecule has 1 aliphatic rings. The summed E-state index contributed by atoms with van der Waals surface area (Å²) < 4.78 is 0. The first-order chi connectivity index (χ1) is 10.1. The highest BCUT2D eigenvalue weighted by atomic mass is 35.5. The molecule has 116 valence electrons. The van der Waals surface area contributed by atoms with Gasteiger partial charge in [-0.1, -0.05) is 60.7 Å². The Hall–Kier alpha value is -1.84. The minimum atomic E-state index is -0.322. The zero-order valence-electron chi connectivity index (χ0n) is 12.9. The lowest BCUT2D eigenvalue weighted by Crippen LogP contribution is -3.00. The smallest absolute Gasteiger partial charge is 0.285 e. The molecule has 0 aromatic heterocycles. The summed E-state index contributed by atoms with van der Waals surface area (Å²) in [6, 6.07) is 20.4. The topological polar surface area (TPSA) is 36.9 Å². The van der Waals surface area contributed by atoms with Gasteiger partial charge < -0.3 is 17.7 Å². The van der Waals surface area contributed by atoms with Gasteiger partial charge in [0.2, 0.25) is 0 Å². The molecule has 1 amide bonds. The van der Waals surface area contributed by atoms with E-state index in [-0.39, 0.29) is 30.0 Å². The number of halogens is 1. The van der Waals surface area contributed by atoms with Gasteiger partial charge in [0.15, 0.2) is 11.7 Å². The van der Waals surface area contributed by atoms with Crippen LogP contribution in [0.1, 0.15) is 18.1 Å². The van der Waals surface area contributed by atoms with E-state index in [1.54, 1.807) is 0 Å². The van der Waals surface area contributed by atoms with Crippen LogP contribution in [0.4, 0.5) is 0 Å². The lowest BCUT2D eigenvalue weighted by Gasteiger charge is -2.28. The maximum Gasteiger partial charge on any atom is 0.285 e. The largest absolute Gasteiger partial charge is 1.00 e. The summed E-state index contributed by atoms with van der Waals surface area (Å²) in [5.74, 6) is 0.199. The second-order valence-electron chi connectivity index (χ2n) is 5.87. The molecule has 0 spiro atoms. The standard InChI is InChI=1S/C18H20N2O.ClH/c1-18(15-11-7-4-8-12-15)19-16(17(21)20(18)2)13-14-9-5-3-6-10-14;/h3-12,16,19H,13H2,1-2H3;1H/t16-,18+;/m0./s1. The van der Waals surface area contributed by atoms with Crippen molar-refractivity contribution >= 4 is 5.91 Å². The predicted octanol–water partition coefficient (Wildman–Crippen LogP) is -1.49. The lowest BCUT2D eigenvalue weighted by atomic mass is 10.0. The molecule has 3 rings (SSSR count). The van der Waals surface area contributed by atoms with Crippen molar-refractivity contribution < 1.29 is 22.5 Å². The average molecular weight is 317 g/mol. The van der Waals surface area contributed by atoms with Crippen LogP contribution in [0.25, 0.3) is 0 Å². The fourth-order valence-electron chi connectivity index (χ4n) is 3.13. The molecular weight excluding hydrogens is 296 g/mol. The van der Waals surface area contributed by atoms with E-state index < -0.39 is 0 Å². The van der Waals surface area contributed by atoms with E-state index >= 15 is 0 Å². The quantitative estimate of drug-likeness (QED) is 0.736. The molecule has 2 N–H and O–H groups in total. The summed E-state index contributed by atoms with van der Waals surface area (Å²) >= 11 is 0. The van der Waals surface area contributed by atoms with Crippen LogP contribution in [-0.2, 0) is 16.9 Å². The molecule has 1 heterocycles. The molecule has 2 atom stereocenters. The average Bonchev–Trinajstić information content (AvgIpc) is 2.75. The van der Waals surface area contributed by atoms with Crippen molar-refractivity contribution in [1.82, 2.24) is 4.90 Å². The number of nitrogens with two attached hydrogens (primary N) is 1. The highest BCUT2D eigenvalue weighted by Crippen LogP contribution is 2.25. The number of hydrogen-bond donors (Lipinski definition) is 1. The molecular formula is C18H21ClN2O. The third-order valence-electron chi connectivity index (χ3n) is 4.53. The van der Waals surface area contributed by atoms with Gasteiger partial charge in [0, 0.05) is 26.0 Å². The van der Waals surface area contributed by atoms with Crippen LogP contribution in [0, 0.1) is 0 Å². The maximum absolute atomic E-state index is 12.6. The van der Waals surface area contributed by atoms with Crippen LogP contribution in [0.3, 0.4) is 0 Å². The van der Waals surface area contributed by atoms with Crippen LogP contribution < -0.4 is 17.7 Å². The van der Waals surface area contributed by atoms with Gasteiger partial charge in [-0.3, -0.25) is 9.69 Å². The van der Waals surface area contributed by atoms with Gasteiger partial charge in [0.1, 0.15) is 0 Å². The number of quaternary nitrogens is 1. The summed E-state index contributed by atoms with van der Waals surface area (Å²) in [5, 5.41) is 2.19. The highest BCUT2D eigenvalue weighted by molar-refractivity contribution is 5.82. The SMILES string of the molecule is CN1C(=O)[C@H](Cc2ccccc2)[NH2+][C@@]1(C)c1ccccc1.[Cl-]. The Labute approximate surface area is 137 Å². The van der Waals surface area contributed by atoms with Crippen LogP contribution in [0.2, 0.25) is 0 Å². The van der Waals surface area contributed by atoms with E-state index in [4.69, 9.17) is 0 Å². The van der Waals surface area contributed by atoms with Gasteiger partial charge in [0.25, 0.3) is 5.91 Å². The first-order valence-corrected chi connectivity index (χ1v) is 7.34. The van der Waals surface area contributed by atoms with E-state index in [0.29, 0.717) is 0 Å². The predicted molar refractivity (Wildman–Crippen MR) is 82.4 cm³/mol. The molecule has 2 aromatic rings. The minimum Gasteiger partial charge on any atom is -1.00 e. The lowest BCUT2D eigenvalue weighted by molar-refractivity contribution is -0.750. The first kappa shape index (κ1) is 16.5. The van der Waals surface area contributed by atoms with Crippen molar-refractivity contribution in [3.05, 3.63) is 71.8 Å². The fraction of sp³-hybridized carbons (Fsp3) is 0.278. The molecule has 3 nitrogen and oxygen atoms in total. The summed E-state index contributed by atoms with van der Waals surface area (Å²) in [5.41, 5.74) is 2.05. The molecule has 1 fully saturated rings. The van der Waals surface area contributed by atoms with Crippen LogP contribution in [0.5, 0.6) is 0 Å². The molecule has 0 bridgehead atoms. The van der Waals surface area contributed by atoms with E-state index in [9.17, 15) is 4.79 Å². The van der Waals surface area contributed by atoms with Gasteiger partial charge >= 0.3 is 0 Å². The summed E-state index contributed by atoms with van der Waals surface area (Å²) in [6.45, 7) is 2.12. The van der Waals surface area contributed by atoms with E-state index in [1.165, 1.54) is 5.56 Å². The first-order valence-electron chi connectivity index (χ1n) is 7.34. The van der Waals surface area contributed by atoms with Crippen molar-refractivity contribution in [3.63, 3.8) is 0 Å². The second-order valence-corrected chi connectivity index (χ2v) is 5.87. The molecule has 0 unspecified atom stereocenters. The minimum absolute atomic E-state index is 0. The van der Waals surface area contributed by atoms with Crippen molar-refractivity contribution in [1.29, 1.82) is 0 Å². The molecule has 2 aromatic carbocycles. The fourth-order valence-corrected chi connectivity index (χ4v) is 3.13. The molecule has 0 saturated carbocycles. The Morgan fingerprint density at radius 3 is 2.18 bits per heavy atom. The Bertz CT molecular complexity index is 632. The third kappa shape index (κ3) is 2.87. The maximum atomic E-state index is 12.6. The zero-order valence-corrected chi connectivity index (χ0v) is 13.6. The molecule has 22 heavy (non-hydrogen) atoms. The van der Waals surface area contributed by atoms with Gasteiger partial charge in [-0.2, -0.15) is 0 Å². The van der Waals surface area contributed by atoms with Gasteiger partial charge in [-0.05, 0) is 5.56 Å². The number of amides is 1. The second kappa shape index (κ2) is 6.51. The molecule has 0 radical (unpaired) electrons. The van der Waals surface area contributed by atoms with Gasteiger partial charge in [-0.15, -0.1) is 0 Å².